The van der Waals surface area contributed by atoms with E-state index in [1.54, 1.807) is 17.2 Å². The summed E-state index contributed by atoms with van der Waals surface area (Å²) in [5.41, 5.74) is -0.736. The second-order valence-electron chi connectivity index (χ2n) is 5.58. The molecule has 0 bridgehead atoms. The van der Waals surface area contributed by atoms with Crippen molar-refractivity contribution in [2.45, 2.75) is 38.3 Å². The van der Waals surface area contributed by atoms with Crippen LogP contribution in [0, 0.1) is 5.92 Å². The summed E-state index contributed by atoms with van der Waals surface area (Å²) in [6.45, 7) is 2.74. The van der Waals surface area contributed by atoms with E-state index >= 15 is 0 Å². The van der Waals surface area contributed by atoms with Crippen LogP contribution in [0.3, 0.4) is 0 Å². The summed E-state index contributed by atoms with van der Waals surface area (Å²) in [5, 5.41) is 2.92. The zero-order valence-electron chi connectivity index (χ0n) is 11.0. The Labute approximate surface area is 111 Å². The van der Waals surface area contributed by atoms with Crippen LogP contribution in [0.1, 0.15) is 31.9 Å². The van der Waals surface area contributed by atoms with E-state index in [1.165, 1.54) is 0 Å². The van der Waals surface area contributed by atoms with Gasteiger partial charge in [0.1, 0.15) is 11.3 Å². The number of carbonyl (C=O) groups excluding carboxylic acids is 2. The predicted molar refractivity (Wildman–Crippen MR) is 68.0 cm³/mol. The number of amides is 2. The normalized spacial score (nSPS) is 28.2. The molecule has 2 aliphatic rings. The van der Waals surface area contributed by atoms with Gasteiger partial charge in [0.05, 0.1) is 12.8 Å². The van der Waals surface area contributed by atoms with Gasteiger partial charge in [0, 0.05) is 13.0 Å². The monoisotopic (exact) mass is 262 g/mol. The van der Waals surface area contributed by atoms with Crippen molar-refractivity contribution in [3.05, 3.63) is 24.2 Å². The van der Waals surface area contributed by atoms with Crippen molar-refractivity contribution in [1.82, 2.24) is 10.2 Å². The standard InChI is InChI=1S/C14H18N2O3/c1-14(10-4-5-10)13(18)16(7-6-12(17)15-14)9-11-3-2-8-19-11/h2-3,8,10H,4-7,9H2,1H3,(H,15,17). The molecule has 1 unspecified atom stereocenters. The first-order valence-electron chi connectivity index (χ1n) is 6.72. The van der Waals surface area contributed by atoms with Crippen LogP contribution in [-0.4, -0.2) is 28.8 Å². The Bertz CT molecular complexity index is 493. The second-order valence-corrected chi connectivity index (χ2v) is 5.58. The maximum absolute atomic E-state index is 12.7. The fraction of sp³-hybridized carbons (Fsp3) is 0.571. The Morgan fingerprint density at radius 3 is 2.89 bits per heavy atom. The zero-order chi connectivity index (χ0) is 13.5. The highest BCUT2D eigenvalue weighted by Gasteiger charge is 2.51. The quantitative estimate of drug-likeness (QED) is 0.893. The summed E-state index contributed by atoms with van der Waals surface area (Å²) in [4.78, 5) is 26.2. The van der Waals surface area contributed by atoms with Crippen LogP contribution in [0.5, 0.6) is 0 Å². The van der Waals surface area contributed by atoms with Crippen LogP contribution in [0.15, 0.2) is 22.8 Å². The van der Waals surface area contributed by atoms with E-state index in [1.807, 2.05) is 13.0 Å². The van der Waals surface area contributed by atoms with Crippen molar-refractivity contribution in [3.63, 3.8) is 0 Å². The molecular formula is C14H18N2O3. The average molecular weight is 262 g/mol. The minimum Gasteiger partial charge on any atom is -0.467 e. The summed E-state index contributed by atoms with van der Waals surface area (Å²) in [6.07, 6.45) is 3.98. The first-order valence-corrected chi connectivity index (χ1v) is 6.72. The van der Waals surface area contributed by atoms with Gasteiger partial charge in [-0.25, -0.2) is 0 Å². The highest BCUT2D eigenvalue weighted by Crippen LogP contribution is 2.41. The van der Waals surface area contributed by atoms with Crippen LogP contribution in [0.25, 0.3) is 0 Å². The van der Waals surface area contributed by atoms with Crippen molar-refractivity contribution in [1.29, 1.82) is 0 Å². The molecule has 1 N–H and O–H groups in total. The second kappa shape index (κ2) is 4.40. The summed E-state index contributed by atoms with van der Waals surface area (Å²) in [6, 6.07) is 3.66. The summed E-state index contributed by atoms with van der Waals surface area (Å²) >= 11 is 0. The van der Waals surface area contributed by atoms with Crippen LogP contribution < -0.4 is 5.32 Å². The molecule has 1 atom stereocenters. The molecule has 2 amide bonds. The molecule has 5 heteroatoms. The highest BCUT2D eigenvalue weighted by atomic mass is 16.3. The third-order valence-corrected chi connectivity index (χ3v) is 4.06. The topological polar surface area (TPSA) is 62.6 Å². The number of furan rings is 1. The van der Waals surface area contributed by atoms with Gasteiger partial charge in [-0.2, -0.15) is 0 Å². The molecule has 1 saturated heterocycles. The van der Waals surface area contributed by atoms with Crippen LogP contribution in [-0.2, 0) is 16.1 Å². The largest absolute Gasteiger partial charge is 0.467 e. The molecular weight excluding hydrogens is 244 g/mol. The molecule has 5 nitrogen and oxygen atoms in total. The SMILES string of the molecule is CC1(C2CC2)NC(=O)CCN(Cc2ccco2)C1=O. The third kappa shape index (κ3) is 2.25. The zero-order valence-corrected chi connectivity index (χ0v) is 11.0. The lowest BCUT2D eigenvalue weighted by molar-refractivity contribution is -0.139. The van der Waals surface area contributed by atoms with E-state index in [0.717, 1.165) is 18.6 Å². The van der Waals surface area contributed by atoms with E-state index in [0.29, 0.717) is 19.5 Å². The lowest BCUT2D eigenvalue weighted by Crippen LogP contribution is -2.56. The first-order chi connectivity index (χ1) is 9.09. The van der Waals surface area contributed by atoms with Gasteiger partial charge in [0.25, 0.3) is 0 Å². The molecule has 0 radical (unpaired) electrons. The van der Waals surface area contributed by atoms with Crippen molar-refractivity contribution >= 4 is 11.8 Å². The van der Waals surface area contributed by atoms with E-state index in [9.17, 15) is 9.59 Å². The molecule has 1 aliphatic heterocycles. The van der Waals surface area contributed by atoms with Gasteiger partial charge in [0.2, 0.25) is 11.8 Å². The van der Waals surface area contributed by atoms with E-state index < -0.39 is 5.54 Å². The Morgan fingerprint density at radius 2 is 2.26 bits per heavy atom. The van der Waals surface area contributed by atoms with Crippen LogP contribution in [0.4, 0.5) is 0 Å². The minimum absolute atomic E-state index is 0.0113. The van der Waals surface area contributed by atoms with Gasteiger partial charge in [-0.1, -0.05) is 0 Å². The molecule has 2 heterocycles. The summed E-state index contributed by atoms with van der Waals surface area (Å²) < 4.78 is 5.30. The first kappa shape index (κ1) is 12.3. The van der Waals surface area contributed by atoms with Crippen molar-refractivity contribution in [2.75, 3.05) is 6.54 Å². The van der Waals surface area contributed by atoms with Crippen LogP contribution in [0.2, 0.25) is 0 Å². The van der Waals surface area contributed by atoms with Crippen molar-refractivity contribution < 1.29 is 14.0 Å². The fourth-order valence-electron chi connectivity index (χ4n) is 2.75. The maximum Gasteiger partial charge on any atom is 0.248 e. The minimum atomic E-state index is -0.736. The number of hydrogen-bond acceptors (Lipinski definition) is 3. The van der Waals surface area contributed by atoms with E-state index in [2.05, 4.69) is 5.32 Å². The number of hydrogen-bond donors (Lipinski definition) is 1. The molecule has 1 aliphatic carbocycles. The lowest BCUT2D eigenvalue weighted by atomic mass is 9.94. The third-order valence-electron chi connectivity index (χ3n) is 4.06. The maximum atomic E-state index is 12.7. The molecule has 1 aromatic rings. The Balaban J connectivity index is 1.83. The van der Waals surface area contributed by atoms with Crippen molar-refractivity contribution in [2.24, 2.45) is 5.92 Å². The summed E-state index contributed by atoms with van der Waals surface area (Å²) in [7, 11) is 0. The van der Waals surface area contributed by atoms with Gasteiger partial charge in [-0.3, -0.25) is 9.59 Å². The molecule has 1 aromatic heterocycles. The lowest BCUT2D eigenvalue weighted by Gasteiger charge is -2.31. The number of carbonyl (C=O) groups is 2. The number of nitrogens with zero attached hydrogens (tertiary/aromatic N) is 1. The van der Waals surface area contributed by atoms with Gasteiger partial charge >= 0.3 is 0 Å². The van der Waals surface area contributed by atoms with E-state index in [-0.39, 0.29) is 17.7 Å². The Morgan fingerprint density at radius 1 is 1.47 bits per heavy atom. The van der Waals surface area contributed by atoms with Gasteiger partial charge in [-0.15, -0.1) is 0 Å². The Hall–Kier alpha value is -1.78. The average Bonchev–Trinajstić information content (AvgIpc) is 3.13. The van der Waals surface area contributed by atoms with Gasteiger partial charge in [0.15, 0.2) is 0 Å². The van der Waals surface area contributed by atoms with Crippen molar-refractivity contribution in [3.8, 4) is 0 Å². The molecule has 102 valence electrons. The molecule has 0 aromatic carbocycles. The highest BCUT2D eigenvalue weighted by molar-refractivity contribution is 5.93. The summed E-state index contributed by atoms with van der Waals surface area (Å²) in [5.74, 6) is 1.00. The molecule has 3 rings (SSSR count). The fourth-order valence-corrected chi connectivity index (χ4v) is 2.75. The molecule has 0 spiro atoms. The molecule has 19 heavy (non-hydrogen) atoms. The smallest absolute Gasteiger partial charge is 0.248 e. The van der Waals surface area contributed by atoms with Crippen LogP contribution >= 0.6 is 0 Å². The molecule has 2 fully saturated rings. The van der Waals surface area contributed by atoms with Gasteiger partial charge < -0.3 is 14.6 Å². The number of rotatable bonds is 3. The Kier molecular flexibility index (Phi) is 2.84. The number of nitrogens with one attached hydrogen (secondary N) is 1. The predicted octanol–water partition coefficient (Wildman–Crippen LogP) is 1.30. The van der Waals surface area contributed by atoms with Gasteiger partial charge in [-0.05, 0) is 37.8 Å². The molecule has 1 saturated carbocycles. The van der Waals surface area contributed by atoms with E-state index in [4.69, 9.17) is 4.42 Å².